The Hall–Kier alpha value is -1.62. The Balaban J connectivity index is 2.16. The van der Waals surface area contributed by atoms with Crippen molar-refractivity contribution in [3.05, 3.63) is 18.3 Å². The van der Waals surface area contributed by atoms with Crippen LogP contribution in [0, 0.1) is 0 Å². The third-order valence-corrected chi connectivity index (χ3v) is 2.66. The smallest absolute Gasteiger partial charge is 0.270 e. The van der Waals surface area contributed by atoms with Gasteiger partial charge in [0.1, 0.15) is 0 Å². The molecule has 1 atom stereocenters. The van der Waals surface area contributed by atoms with E-state index in [9.17, 15) is 4.79 Å². The molecule has 1 amide bonds. The number of anilines is 1. The molecule has 0 fully saturated rings. The summed E-state index contributed by atoms with van der Waals surface area (Å²) in [5.41, 5.74) is 0. The predicted octanol–water partition coefficient (Wildman–Crippen LogP) is 0.803. The summed E-state index contributed by atoms with van der Waals surface area (Å²) in [6.07, 6.45) is 1.18. The molecule has 0 bridgehead atoms. The number of carbonyl (C=O) groups excluding carboxylic acids is 1. The lowest BCUT2D eigenvalue weighted by atomic mass is 10.2. The summed E-state index contributed by atoms with van der Waals surface area (Å²) in [5, 5.41) is 3.20. The predicted molar refractivity (Wildman–Crippen MR) is 65.2 cm³/mol. The standard InChI is InChI=1S/C12H17N3O2/c1-8(2)14-7-10-12(16)15(3)11-9(17-10)5-4-6-13-11/h4-6,8,10,14H,7H2,1-3H3. The molecule has 2 heterocycles. The highest BCUT2D eigenvalue weighted by molar-refractivity contribution is 5.98. The second-order valence-corrected chi connectivity index (χ2v) is 4.39. The van der Waals surface area contributed by atoms with Crippen LogP contribution in [0.2, 0.25) is 0 Å². The van der Waals surface area contributed by atoms with E-state index in [-0.39, 0.29) is 5.91 Å². The zero-order chi connectivity index (χ0) is 12.4. The quantitative estimate of drug-likeness (QED) is 0.842. The monoisotopic (exact) mass is 235 g/mol. The van der Waals surface area contributed by atoms with Gasteiger partial charge in [-0.05, 0) is 12.1 Å². The Labute approximate surface area is 101 Å². The fourth-order valence-electron chi connectivity index (χ4n) is 1.72. The van der Waals surface area contributed by atoms with E-state index >= 15 is 0 Å². The van der Waals surface area contributed by atoms with Crippen LogP contribution >= 0.6 is 0 Å². The number of carbonyl (C=O) groups is 1. The highest BCUT2D eigenvalue weighted by Crippen LogP contribution is 2.29. The molecule has 92 valence electrons. The van der Waals surface area contributed by atoms with Crippen LogP contribution in [-0.4, -0.2) is 36.6 Å². The van der Waals surface area contributed by atoms with Crippen molar-refractivity contribution in [1.29, 1.82) is 0 Å². The van der Waals surface area contributed by atoms with Gasteiger partial charge in [0, 0.05) is 25.8 Å². The Morgan fingerprint density at radius 2 is 2.35 bits per heavy atom. The Bertz CT molecular complexity index is 420. The molecule has 1 aromatic rings. The van der Waals surface area contributed by atoms with Gasteiger partial charge in [0.15, 0.2) is 17.7 Å². The Morgan fingerprint density at radius 3 is 3.06 bits per heavy atom. The third-order valence-electron chi connectivity index (χ3n) is 2.66. The molecule has 1 aromatic heterocycles. The number of hydrogen-bond donors (Lipinski definition) is 1. The SMILES string of the molecule is CC(C)NCC1Oc2cccnc2N(C)C1=O. The molecule has 0 aliphatic carbocycles. The molecule has 0 aromatic carbocycles. The molecule has 5 heteroatoms. The molecule has 0 spiro atoms. The molecular weight excluding hydrogens is 218 g/mol. The summed E-state index contributed by atoms with van der Waals surface area (Å²) >= 11 is 0. The van der Waals surface area contributed by atoms with Gasteiger partial charge in [-0.15, -0.1) is 0 Å². The van der Waals surface area contributed by atoms with E-state index in [1.807, 2.05) is 19.9 Å². The normalized spacial score (nSPS) is 19.2. The zero-order valence-corrected chi connectivity index (χ0v) is 10.3. The van der Waals surface area contributed by atoms with Gasteiger partial charge < -0.3 is 10.1 Å². The number of nitrogens with zero attached hydrogens (tertiary/aromatic N) is 2. The summed E-state index contributed by atoms with van der Waals surface area (Å²) in [6.45, 7) is 4.58. The minimum atomic E-state index is -0.473. The van der Waals surface area contributed by atoms with Crippen LogP contribution < -0.4 is 15.0 Å². The molecule has 1 N–H and O–H groups in total. The average Bonchev–Trinajstić information content (AvgIpc) is 2.32. The fourth-order valence-corrected chi connectivity index (χ4v) is 1.72. The molecule has 1 aliphatic heterocycles. The topological polar surface area (TPSA) is 54.5 Å². The summed E-state index contributed by atoms with van der Waals surface area (Å²) in [6, 6.07) is 3.95. The van der Waals surface area contributed by atoms with Gasteiger partial charge in [-0.3, -0.25) is 9.69 Å². The van der Waals surface area contributed by atoms with Gasteiger partial charge in [0.25, 0.3) is 5.91 Å². The Morgan fingerprint density at radius 1 is 1.59 bits per heavy atom. The highest BCUT2D eigenvalue weighted by Gasteiger charge is 2.32. The minimum Gasteiger partial charge on any atom is -0.475 e. The number of hydrogen-bond acceptors (Lipinski definition) is 4. The maximum atomic E-state index is 12.0. The van der Waals surface area contributed by atoms with Crippen LogP contribution in [-0.2, 0) is 4.79 Å². The first-order valence-electron chi connectivity index (χ1n) is 5.72. The van der Waals surface area contributed by atoms with Gasteiger partial charge >= 0.3 is 0 Å². The second kappa shape index (κ2) is 4.71. The number of rotatable bonds is 3. The first-order valence-corrected chi connectivity index (χ1v) is 5.72. The maximum Gasteiger partial charge on any atom is 0.270 e. The van der Waals surface area contributed by atoms with Crippen molar-refractivity contribution >= 4 is 11.7 Å². The van der Waals surface area contributed by atoms with Crippen LogP contribution in [0.25, 0.3) is 0 Å². The van der Waals surface area contributed by atoms with E-state index in [0.717, 1.165) is 0 Å². The first-order chi connectivity index (χ1) is 8.09. The summed E-state index contributed by atoms with van der Waals surface area (Å²) in [7, 11) is 1.72. The molecule has 0 saturated heterocycles. The summed E-state index contributed by atoms with van der Waals surface area (Å²) in [5.74, 6) is 1.17. The van der Waals surface area contributed by atoms with Crippen LogP contribution in [0.3, 0.4) is 0 Å². The maximum absolute atomic E-state index is 12.0. The number of pyridine rings is 1. The van der Waals surface area contributed by atoms with E-state index < -0.39 is 6.10 Å². The van der Waals surface area contributed by atoms with E-state index in [4.69, 9.17) is 4.74 Å². The number of nitrogens with one attached hydrogen (secondary N) is 1. The van der Waals surface area contributed by atoms with Crippen molar-refractivity contribution in [3.63, 3.8) is 0 Å². The minimum absolute atomic E-state index is 0.0654. The van der Waals surface area contributed by atoms with Crippen LogP contribution in [0.15, 0.2) is 18.3 Å². The molecule has 17 heavy (non-hydrogen) atoms. The largest absolute Gasteiger partial charge is 0.475 e. The van der Waals surface area contributed by atoms with E-state index in [1.54, 1.807) is 24.2 Å². The van der Waals surface area contributed by atoms with Crippen LogP contribution in [0.1, 0.15) is 13.8 Å². The van der Waals surface area contributed by atoms with E-state index in [2.05, 4.69) is 10.3 Å². The molecule has 5 nitrogen and oxygen atoms in total. The lowest BCUT2D eigenvalue weighted by Gasteiger charge is -2.31. The number of fused-ring (bicyclic) bond motifs is 1. The molecule has 0 radical (unpaired) electrons. The van der Waals surface area contributed by atoms with Crippen molar-refractivity contribution in [2.24, 2.45) is 0 Å². The summed E-state index contributed by atoms with van der Waals surface area (Å²) < 4.78 is 5.65. The van der Waals surface area contributed by atoms with Gasteiger partial charge in [-0.2, -0.15) is 0 Å². The molecule has 2 rings (SSSR count). The van der Waals surface area contributed by atoms with Gasteiger partial charge in [0.2, 0.25) is 0 Å². The van der Waals surface area contributed by atoms with Crippen molar-refractivity contribution < 1.29 is 9.53 Å². The van der Waals surface area contributed by atoms with Crippen molar-refractivity contribution in [2.75, 3.05) is 18.5 Å². The van der Waals surface area contributed by atoms with Crippen molar-refractivity contribution in [3.8, 4) is 5.75 Å². The highest BCUT2D eigenvalue weighted by atomic mass is 16.5. The van der Waals surface area contributed by atoms with E-state index in [0.29, 0.717) is 24.2 Å². The van der Waals surface area contributed by atoms with Gasteiger partial charge in [0.05, 0.1) is 0 Å². The average molecular weight is 235 g/mol. The Kier molecular flexibility index (Phi) is 3.28. The van der Waals surface area contributed by atoms with Gasteiger partial charge in [-0.1, -0.05) is 13.8 Å². The molecular formula is C12H17N3O2. The molecule has 1 unspecified atom stereocenters. The van der Waals surface area contributed by atoms with E-state index in [1.165, 1.54) is 0 Å². The lowest BCUT2D eigenvalue weighted by Crippen LogP contribution is -2.49. The van der Waals surface area contributed by atoms with Crippen LogP contribution in [0.5, 0.6) is 5.75 Å². The summed E-state index contributed by atoms with van der Waals surface area (Å²) in [4.78, 5) is 17.7. The van der Waals surface area contributed by atoms with Crippen molar-refractivity contribution in [1.82, 2.24) is 10.3 Å². The third kappa shape index (κ3) is 2.39. The number of aromatic nitrogens is 1. The number of likely N-dealkylation sites (N-methyl/N-ethyl adjacent to an activating group) is 1. The molecule has 1 aliphatic rings. The van der Waals surface area contributed by atoms with Crippen molar-refractivity contribution in [2.45, 2.75) is 26.0 Å². The lowest BCUT2D eigenvalue weighted by molar-refractivity contribution is -0.125. The fraction of sp³-hybridized carbons (Fsp3) is 0.500. The first kappa shape index (κ1) is 11.9. The number of ether oxygens (including phenoxy) is 1. The van der Waals surface area contributed by atoms with Crippen LogP contribution in [0.4, 0.5) is 5.82 Å². The molecule has 0 saturated carbocycles. The van der Waals surface area contributed by atoms with Gasteiger partial charge in [-0.25, -0.2) is 4.98 Å². The zero-order valence-electron chi connectivity index (χ0n) is 10.3. The second-order valence-electron chi connectivity index (χ2n) is 4.39. The number of amides is 1.